The highest BCUT2D eigenvalue weighted by atomic mass is 31.2. The Hall–Kier alpha value is -2.47. The van der Waals surface area contributed by atoms with Crippen molar-refractivity contribution in [2.45, 2.75) is 44.3 Å². The molecule has 0 amide bonds. The molecular formula is C22H29N2O5P. The molecule has 7 nitrogen and oxygen atoms in total. The summed E-state index contributed by atoms with van der Waals surface area (Å²) in [7, 11) is -4.02. The molecule has 0 saturated heterocycles. The number of esters is 1. The number of carboxylic acids is 1. The van der Waals surface area contributed by atoms with Crippen molar-refractivity contribution in [3.05, 3.63) is 71.8 Å². The Labute approximate surface area is 177 Å². The molecule has 3 atom stereocenters. The minimum atomic E-state index is -4.02. The summed E-state index contributed by atoms with van der Waals surface area (Å²) in [5.41, 5.74) is 4.31. The predicted molar refractivity (Wildman–Crippen MR) is 116 cm³/mol. The van der Waals surface area contributed by atoms with E-state index in [1.165, 1.54) is 6.92 Å². The van der Waals surface area contributed by atoms with E-state index in [0.717, 1.165) is 12.0 Å². The molecule has 2 aromatic rings. The van der Waals surface area contributed by atoms with Crippen LogP contribution in [0.15, 0.2) is 60.7 Å². The molecule has 4 N–H and O–H groups in total. The standard InChI is InChI=1S/C22H29N2O5P/c1-3-4-15-29-20(25)19(16-17-11-7-5-8-12-17)30(23,28)24-22(2,21(26)27)18-13-9-6-10-14-18/h5-14,19H,3-4,15-16H2,1-2H3,(H,26,27)(H3,23,24,28). The molecule has 0 saturated carbocycles. The van der Waals surface area contributed by atoms with Crippen LogP contribution in [0.25, 0.3) is 0 Å². The fraction of sp³-hybridized carbons (Fsp3) is 0.364. The number of rotatable bonds is 11. The lowest BCUT2D eigenvalue weighted by atomic mass is 9.94. The lowest BCUT2D eigenvalue weighted by molar-refractivity contribution is -0.145. The fourth-order valence-electron chi connectivity index (χ4n) is 3.06. The van der Waals surface area contributed by atoms with Gasteiger partial charge in [-0.15, -0.1) is 0 Å². The Morgan fingerprint density at radius 2 is 1.70 bits per heavy atom. The average Bonchev–Trinajstić information content (AvgIpc) is 2.73. The van der Waals surface area contributed by atoms with Crippen molar-refractivity contribution >= 4 is 19.4 Å². The zero-order valence-corrected chi connectivity index (χ0v) is 18.2. The largest absolute Gasteiger partial charge is 0.480 e. The molecule has 8 heteroatoms. The summed E-state index contributed by atoms with van der Waals surface area (Å²) in [6, 6.07) is 17.3. The van der Waals surface area contributed by atoms with Crippen LogP contribution in [0, 0.1) is 0 Å². The first-order valence-corrected chi connectivity index (χ1v) is 11.7. The maximum absolute atomic E-state index is 13.6. The number of unbranched alkanes of at least 4 members (excludes halogenated alkanes) is 1. The van der Waals surface area contributed by atoms with Gasteiger partial charge in [-0.1, -0.05) is 74.0 Å². The van der Waals surface area contributed by atoms with Crippen molar-refractivity contribution in [3.8, 4) is 0 Å². The van der Waals surface area contributed by atoms with Crippen LogP contribution in [0.1, 0.15) is 37.8 Å². The molecule has 162 valence electrons. The molecule has 0 aliphatic rings. The van der Waals surface area contributed by atoms with E-state index in [1.54, 1.807) is 54.6 Å². The van der Waals surface area contributed by atoms with Gasteiger partial charge in [-0.2, -0.15) is 0 Å². The molecule has 0 fully saturated rings. The number of hydrogen-bond donors (Lipinski definition) is 3. The summed E-state index contributed by atoms with van der Waals surface area (Å²) < 4.78 is 18.9. The third-order valence-electron chi connectivity index (χ3n) is 4.93. The molecule has 2 aromatic carbocycles. The van der Waals surface area contributed by atoms with Gasteiger partial charge in [0.1, 0.15) is 11.2 Å². The predicted octanol–water partition coefficient (Wildman–Crippen LogP) is 3.68. The number of hydrogen-bond acceptors (Lipinski definition) is 4. The van der Waals surface area contributed by atoms with E-state index in [2.05, 4.69) is 5.09 Å². The van der Waals surface area contributed by atoms with Crippen LogP contribution in [-0.2, 0) is 30.9 Å². The zero-order valence-electron chi connectivity index (χ0n) is 17.3. The van der Waals surface area contributed by atoms with Crippen molar-refractivity contribution < 1.29 is 24.0 Å². The third-order valence-corrected chi connectivity index (χ3v) is 7.04. The molecule has 0 aliphatic carbocycles. The van der Waals surface area contributed by atoms with Crippen molar-refractivity contribution in [3.63, 3.8) is 0 Å². The number of ether oxygens (including phenoxy) is 1. The Morgan fingerprint density at radius 1 is 1.13 bits per heavy atom. The second-order valence-electron chi connectivity index (χ2n) is 7.34. The number of carbonyl (C=O) groups excluding carboxylic acids is 1. The zero-order chi connectivity index (χ0) is 22.2. The smallest absolute Gasteiger partial charge is 0.328 e. The van der Waals surface area contributed by atoms with Gasteiger partial charge in [0.05, 0.1) is 6.61 Å². The normalized spacial score (nSPS) is 16.1. The van der Waals surface area contributed by atoms with Gasteiger partial charge in [0.25, 0.3) is 0 Å². The summed E-state index contributed by atoms with van der Waals surface area (Å²) >= 11 is 0. The van der Waals surface area contributed by atoms with Crippen LogP contribution in [-0.4, -0.2) is 29.3 Å². The van der Waals surface area contributed by atoms with E-state index in [-0.39, 0.29) is 13.0 Å². The first kappa shape index (κ1) is 23.8. The fourth-order valence-corrected chi connectivity index (χ4v) is 5.01. The summed E-state index contributed by atoms with van der Waals surface area (Å²) in [6.45, 7) is 3.53. The number of nitrogens with one attached hydrogen (secondary N) is 1. The van der Waals surface area contributed by atoms with Crippen LogP contribution in [0.3, 0.4) is 0 Å². The molecule has 0 aromatic heterocycles. The van der Waals surface area contributed by atoms with Crippen molar-refractivity contribution in [1.82, 2.24) is 5.09 Å². The van der Waals surface area contributed by atoms with E-state index in [4.69, 9.17) is 10.2 Å². The van der Waals surface area contributed by atoms with Gasteiger partial charge in [0.2, 0.25) is 7.44 Å². The molecule has 2 rings (SSSR count). The van der Waals surface area contributed by atoms with E-state index in [1.807, 2.05) is 13.0 Å². The highest BCUT2D eigenvalue weighted by Crippen LogP contribution is 2.45. The Morgan fingerprint density at radius 3 is 2.23 bits per heavy atom. The van der Waals surface area contributed by atoms with Gasteiger partial charge in [0.15, 0.2) is 0 Å². The van der Waals surface area contributed by atoms with Gasteiger partial charge in [0, 0.05) is 0 Å². The molecule has 3 unspecified atom stereocenters. The van der Waals surface area contributed by atoms with E-state index < -0.39 is 30.6 Å². The summed E-state index contributed by atoms with van der Waals surface area (Å²) in [5.74, 6) is -1.95. The number of nitrogens with two attached hydrogens (primary N) is 1. The van der Waals surface area contributed by atoms with Gasteiger partial charge >= 0.3 is 11.9 Å². The van der Waals surface area contributed by atoms with Crippen LogP contribution >= 0.6 is 7.44 Å². The minimum Gasteiger partial charge on any atom is -0.480 e. The van der Waals surface area contributed by atoms with Crippen LogP contribution in [0.4, 0.5) is 0 Å². The maximum atomic E-state index is 13.6. The molecule has 0 bridgehead atoms. The summed E-state index contributed by atoms with van der Waals surface area (Å²) in [4.78, 5) is 24.9. The molecule has 30 heavy (non-hydrogen) atoms. The van der Waals surface area contributed by atoms with E-state index in [9.17, 15) is 19.3 Å². The monoisotopic (exact) mass is 432 g/mol. The SMILES string of the molecule is CCCCOC(=O)C(Cc1ccccc1)P(N)(=O)NC(C)(C(=O)O)c1ccccc1. The first-order valence-electron chi connectivity index (χ1n) is 9.88. The summed E-state index contributed by atoms with van der Waals surface area (Å²) in [6.07, 6.45) is 1.57. The lowest BCUT2D eigenvalue weighted by Crippen LogP contribution is -2.49. The lowest BCUT2D eigenvalue weighted by Gasteiger charge is -2.33. The van der Waals surface area contributed by atoms with Gasteiger partial charge < -0.3 is 9.84 Å². The Bertz CT molecular complexity index is 891. The molecular weight excluding hydrogens is 403 g/mol. The van der Waals surface area contributed by atoms with E-state index in [0.29, 0.717) is 12.0 Å². The number of benzene rings is 2. The number of carboxylic acid groups (broad SMARTS) is 1. The van der Waals surface area contributed by atoms with E-state index >= 15 is 0 Å². The van der Waals surface area contributed by atoms with Crippen LogP contribution in [0.5, 0.6) is 0 Å². The van der Waals surface area contributed by atoms with Crippen molar-refractivity contribution in [2.75, 3.05) is 6.61 Å². The molecule has 0 heterocycles. The molecule has 0 aliphatic heterocycles. The Kier molecular flexibility index (Phi) is 8.35. The minimum absolute atomic E-state index is 0.0665. The van der Waals surface area contributed by atoms with Crippen LogP contribution < -0.4 is 10.6 Å². The second-order valence-corrected chi connectivity index (χ2v) is 9.61. The molecule has 0 spiro atoms. The topological polar surface area (TPSA) is 119 Å². The first-order chi connectivity index (χ1) is 14.2. The van der Waals surface area contributed by atoms with Gasteiger partial charge in [-0.3, -0.25) is 14.9 Å². The quantitative estimate of drug-likeness (QED) is 0.281. The Balaban J connectivity index is 2.37. The molecule has 0 radical (unpaired) electrons. The third kappa shape index (κ3) is 6.02. The van der Waals surface area contributed by atoms with Crippen LogP contribution in [0.2, 0.25) is 0 Å². The number of carbonyl (C=O) groups is 2. The maximum Gasteiger partial charge on any atom is 0.328 e. The van der Waals surface area contributed by atoms with Gasteiger partial charge in [-0.05, 0) is 30.9 Å². The highest BCUT2D eigenvalue weighted by molar-refractivity contribution is 7.61. The number of aliphatic carboxylic acids is 1. The van der Waals surface area contributed by atoms with Crippen molar-refractivity contribution in [1.29, 1.82) is 0 Å². The van der Waals surface area contributed by atoms with Gasteiger partial charge in [-0.25, -0.2) is 9.88 Å². The van der Waals surface area contributed by atoms with Crippen molar-refractivity contribution in [2.24, 2.45) is 5.50 Å². The summed E-state index contributed by atoms with van der Waals surface area (Å²) in [5, 5.41) is 12.5. The second kappa shape index (κ2) is 10.5. The average molecular weight is 432 g/mol. The highest BCUT2D eigenvalue weighted by Gasteiger charge is 2.46.